The van der Waals surface area contributed by atoms with Crippen molar-refractivity contribution in [2.45, 2.75) is 19.8 Å². The van der Waals surface area contributed by atoms with E-state index in [0.717, 1.165) is 0 Å². The topological polar surface area (TPSA) is 63.6 Å². The first kappa shape index (κ1) is 9.77. The van der Waals surface area contributed by atoms with Gasteiger partial charge in [0.2, 0.25) is 0 Å². The van der Waals surface area contributed by atoms with Gasteiger partial charge in [0.25, 0.3) is 0 Å². The van der Waals surface area contributed by atoms with Crippen LogP contribution >= 0.6 is 0 Å². The highest BCUT2D eigenvalue weighted by Crippen LogP contribution is 2.34. The molecule has 0 heterocycles. The smallest absolute Gasteiger partial charge is 0.324 e. The van der Waals surface area contributed by atoms with Crippen LogP contribution in [0.1, 0.15) is 19.8 Å². The molecule has 0 aromatic rings. The summed E-state index contributed by atoms with van der Waals surface area (Å²) >= 11 is 0. The van der Waals surface area contributed by atoms with Crippen molar-refractivity contribution >= 4 is 11.9 Å². The van der Waals surface area contributed by atoms with Gasteiger partial charge in [-0.2, -0.15) is 0 Å². The third kappa shape index (κ3) is 1.56. The van der Waals surface area contributed by atoms with Crippen LogP contribution in [0, 0.1) is 5.41 Å². The molecule has 0 radical (unpaired) electrons. The van der Waals surface area contributed by atoms with E-state index in [9.17, 15) is 9.59 Å². The van der Waals surface area contributed by atoms with Crippen LogP contribution in [-0.4, -0.2) is 23.7 Å². The second-order valence-corrected chi connectivity index (χ2v) is 2.99. The monoisotopic (exact) mass is 184 g/mol. The maximum atomic E-state index is 11.4. The van der Waals surface area contributed by atoms with Crippen molar-refractivity contribution in [3.63, 3.8) is 0 Å². The number of aliphatic carboxylic acids is 1. The molecule has 0 aliphatic heterocycles. The molecule has 0 saturated carbocycles. The number of hydrogen-bond donors (Lipinski definition) is 1. The van der Waals surface area contributed by atoms with Gasteiger partial charge in [-0.15, -0.1) is 0 Å². The lowest BCUT2D eigenvalue weighted by Gasteiger charge is -2.20. The molecule has 4 heteroatoms. The molecule has 72 valence electrons. The maximum Gasteiger partial charge on any atom is 0.324 e. The molecular weight excluding hydrogens is 172 g/mol. The quantitative estimate of drug-likeness (QED) is 0.403. The Morgan fingerprint density at radius 3 is 2.38 bits per heavy atom. The van der Waals surface area contributed by atoms with Crippen molar-refractivity contribution in [2.75, 3.05) is 6.61 Å². The van der Waals surface area contributed by atoms with Gasteiger partial charge in [-0.3, -0.25) is 9.59 Å². The summed E-state index contributed by atoms with van der Waals surface area (Å²) in [5, 5.41) is 8.92. The summed E-state index contributed by atoms with van der Waals surface area (Å²) in [6, 6.07) is 0. The van der Waals surface area contributed by atoms with Crippen LogP contribution in [0.25, 0.3) is 0 Å². The number of carboxylic acid groups (broad SMARTS) is 1. The van der Waals surface area contributed by atoms with Crippen LogP contribution in [0.4, 0.5) is 0 Å². The first-order valence-corrected chi connectivity index (χ1v) is 4.19. The molecule has 0 saturated heterocycles. The predicted octanol–water partition coefficient (Wildman–Crippen LogP) is 0.970. The number of allylic oxidation sites excluding steroid dienone is 2. The van der Waals surface area contributed by atoms with Gasteiger partial charge < -0.3 is 9.84 Å². The average Bonchev–Trinajstić information content (AvgIpc) is 2.53. The summed E-state index contributed by atoms with van der Waals surface area (Å²) in [5.41, 5.74) is -1.35. The molecule has 1 aliphatic rings. The highest BCUT2D eigenvalue weighted by molar-refractivity contribution is 6.00. The van der Waals surface area contributed by atoms with Crippen LogP contribution in [0.3, 0.4) is 0 Å². The minimum absolute atomic E-state index is 0.216. The Kier molecular flexibility index (Phi) is 2.70. The second kappa shape index (κ2) is 3.60. The number of esters is 1. The van der Waals surface area contributed by atoms with E-state index in [0.29, 0.717) is 0 Å². The van der Waals surface area contributed by atoms with E-state index in [-0.39, 0.29) is 19.4 Å². The van der Waals surface area contributed by atoms with Gasteiger partial charge in [0, 0.05) is 0 Å². The number of hydrogen-bond acceptors (Lipinski definition) is 3. The van der Waals surface area contributed by atoms with Crippen LogP contribution in [-0.2, 0) is 14.3 Å². The number of carbonyl (C=O) groups is 2. The van der Waals surface area contributed by atoms with Gasteiger partial charge in [0.05, 0.1) is 6.61 Å². The lowest BCUT2D eigenvalue weighted by atomic mass is 9.86. The first-order valence-electron chi connectivity index (χ1n) is 4.19. The normalized spacial score (nSPS) is 18.5. The fourth-order valence-corrected chi connectivity index (χ4v) is 1.35. The number of carboxylic acids is 1. The SMILES string of the molecule is CCOC(=O)C1(C(=O)O)CC=CC1. The molecule has 4 nitrogen and oxygen atoms in total. The van der Waals surface area contributed by atoms with Gasteiger partial charge in [-0.1, -0.05) is 12.2 Å². The number of rotatable bonds is 3. The van der Waals surface area contributed by atoms with Crippen molar-refractivity contribution in [1.82, 2.24) is 0 Å². The third-order valence-corrected chi connectivity index (χ3v) is 2.17. The van der Waals surface area contributed by atoms with Gasteiger partial charge in [0.15, 0.2) is 5.41 Å². The Morgan fingerprint density at radius 2 is 2.00 bits per heavy atom. The van der Waals surface area contributed by atoms with Crippen LogP contribution < -0.4 is 0 Å². The van der Waals surface area contributed by atoms with Crippen LogP contribution in [0.15, 0.2) is 12.2 Å². The molecule has 1 rings (SSSR count). The van der Waals surface area contributed by atoms with E-state index in [1.807, 2.05) is 0 Å². The molecular formula is C9H12O4. The highest BCUT2D eigenvalue weighted by atomic mass is 16.5. The van der Waals surface area contributed by atoms with Crippen molar-refractivity contribution in [3.8, 4) is 0 Å². The van der Waals surface area contributed by atoms with Crippen molar-refractivity contribution in [3.05, 3.63) is 12.2 Å². The molecule has 0 atom stereocenters. The fourth-order valence-electron chi connectivity index (χ4n) is 1.35. The number of ether oxygens (including phenoxy) is 1. The molecule has 0 amide bonds. The first-order chi connectivity index (χ1) is 6.13. The molecule has 0 bridgehead atoms. The second-order valence-electron chi connectivity index (χ2n) is 2.99. The summed E-state index contributed by atoms with van der Waals surface area (Å²) in [4.78, 5) is 22.3. The predicted molar refractivity (Wildman–Crippen MR) is 45.1 cm³/mol. The molecule has 1 N–H and O–H groups in total. The lowest BCUT2D eigenvalue weighted by Crippen LogP contribution is -2.38. The van der Waals surface area contributed by atoms with Gasteiger partial charge in [-0.05, 0) is 19.8 Å². The maximum absolute atomic E-state index is 11.4. The van der Waals surface area contributed by atoms with E-state index in [2.05, 4.69) is 0 Å². The van der Waals surface area contributed by atoms with Crippen molar-refractivity contribution in [1.29, 1.82) is 0 Å². The molecule has 0 aromatic carbocycles. The minimum atomic E-state index is -1.35. The largest absolute Gasteiger partial charge is 0.480 e. The summed E-state index contributed by atoms with van der Waals surface area (Å²) in [6.07, 6.45) is 3.87. The van der Waals surface area contributed by atoms with Gasteiger partial charge in [0.1, 0.15) is 0 Å². The van der Waals surface area contributed by atoms with Crippen LogP contribution in [0.2, 0.25) is 0 Å². The zero-order chi connectivity index (χ0) is 9.90. The standard InChI is InChI=1S/C9H12O4/c1-2-13-8(12)9(7(10)11)5-3-4-6-9/h3-4H,2,5-6H2,1H3,(H,10,11). The third-order valence-electron chi connectivity index (χ3n) is 2.17. The number of carbonyl (C=O) groups excluding carboxylic acids is 1. The van der Waals surface area contributed by atoms with E-state index in [1.165, 1.54) is 0 Å². The molecule has 0 aromatic heterocycles. The zero-order valence-corrected chi connectivity index (χ0v) is 7.45. The minimum Gasteiger partial charge on any atom is -0.480 e. The average molecular weight is 184 g/mol. The Bertz CT molecular complexity index is 246. The van der Waals surface area contributed by atoms with E-state index < -0.39 is 17.4 Å². The molecule has 0 spiro atoms. The van der Waals surface area contributed by atoms with Gasteiger partial charge >= 0.3 is 11.9 Å². The van der Waals surface area contributed by atoms with Gasteiger partial charge in [-0.25, -0.2) is 0 Å². The Morgan fingerprint density at radius 1 is 1.46 bits per heavy atom. The highest BCUT2D eigenvalue weighted by Gasteiger charge is 2.47. The summed E-state index contributed by atoms with van der Waals surface area (Å²) < 4.78 is 4.73. The zero-order valence-electron chi connectivity index (χ0n) is 7.45. The Balaban J connectivity index is 2.80. The Hall–Kier alpha value is -1.32. The van der Waals surface area contributed by atoms with E-state index in [1.54, 1.807) is 19.1 Å². The van der Waals surface area contributed by atoms with E-state index in [4.69, 9.17) is 9.84 Å². The molecule has 0 unspecified atom stereocenters. The molecule has 1 aliphatic carbocycles. The summed E-state index contributed by atoms with van der Waals surface area (Å²) in [7, 11) is 0. The summed E-state index contributed by atoms with van der Waals surface area (Å²) in [5.74, 6) is -1.73. The molecule has 0 fully saturated rings. The molecule has 13 heavy (non-hydrogen) atoms. The van der Waals surface area contributed by atoms with Crippen LogP contribution in [0.5, 0.6) is 0 Å². The van der Waals surface area contributed by atoms with Crippen molar-refractivity contribution < 1.29 is 19.4 Å². The Labute approximate surface area is 76.2 Å². The fraction of sp³-hybridized carbons (Fsp3) is 0.556. The van der Waals surface area contributed by atoms with Crippen molar-refractivity contribution in [2.24, 2.45) is 5.41 Å². The lowest BCUT2D eigenvalue weighted by molar-refractivity contribution is -0.167. The van der Waals surface area contributed by atoms with E-state index >= 15 is 0 Å². The summed E-state index contributed by atoms with van der Waals surface area (Å²) in [6.45, 7) is 1.88.